The Hall–Kier alpha value is -2.24. The molecule has 6 nitrogen and oxygen atoms in total. The highest BCUT2D eigenvalue weighted by molar-refractivity contribution is 5.89. The molecule has 0 bridgehead atoms. The minimum Gasteiger partial charge on any atom is -0.465 e. The summed E-state index contributed by atoms with van der Waals surface area (Å²) in [6.07, 6.45) is -1.02. The van der Waals surface area contributed by atoms with Crippen molar-refractivity contribution in [2.45, 2.75) is 12.0 Å². The lowest BCUT2D eigenvalue weighted by molar-refractivity contribution is 0.0194. The molecule has 2 aliphatic heterocycles. The van der Waals surface area contributed by atoms with E-state index < -0.39 is 17.8 Å². The third kappa shape index (κ3) is 1.49. The van der Waals surface area contributed by atoms with Gasteiger partial charge in [-0.3, -0.25) is 5.32 Å². The van der Waals surface area contributed by atoms with E-state index in [-0.39, 0.29) is 6.54 Å². The minimum atomic E-state index is -0.987. The number of carbonyl (C=O) groups is 2. The Bertz CT molecular complexity index is 531. The van der Waals surface area contributed by atoms with Gasteiger partial charge in [0.05, 0.1) is 12.2 Å². The molecule has 1 aromatic carbocycles. The predicted octanol–water partition coefficient (Wildman–Crippen LogP) is 1.83. The Labute approximate surface area is 103 Å². The zero-order valence-electron chi connectivity index (χ0n) is 9.55. The van der Waals surface area contributed by atoms with Crippen molar-refractivity contribution < 1.29 is 19.4 Å². The van der Waals surface area contributed by atoms with Crippen molar-refractivity contribution in [2.75, 3.05) is 18.4 Å². The highest BCUT2D eigenvalue weighted by Gasteiger charge is 2.48. The number of benzene rings is 1. The molecule has 94 valence electrons. The standard InChI is InChI=1S/C12H12N2O4/c15-10-13-9-4-2-1-3-8(9)12(18-10)5-6-14(7-12)11(16)17/h1-4H,5-7H2,(H,13,15)(H,16,17). The number of hydrogen-bond acceptors (Lipinski definition) is 3. The van der Waals surface area contributed by atoms with Gasteiger partial charge in [-0.25, -0.2) is 9.59 Å². The molecule has 1 aromatic rings. The summed E-state index contributed by atoms with van der Waals surface area (Å²) in [4.78, 5) is 23.8. The fourth-order valence-electron chi connectivity index (χ4n) is 2.61. The van der Waals surface area contributed by atoms with E-state index in [1.54, 1.807) is 6.07 Å². The summed E-state index contributed by atoms with van der Waals surface area (Å²) in [6, 6.07) is 7.33. The number of carboxylic acid groups (broad SMARTS) is 1. The zero-order chi connectivity index (χ0) is 12.8. The maximum absolute atomic E-state index is 11.6. The van der Waals surface area contributed by atoms with E-state index >= 15 is 0 Å². The van der Waals surface area contributed by atoms with Crippen LogP contribution in [0.15, 0.2) is 24.3 Å². The van der Waals surface area contributed by atoms with Gasteiger partial charge in [-0.05, 0) is 6.07 Å². The number of rotatable bonds is 0. The van der Waals surface area contributed by atoms with Crippen molar-refractivity contribution >= 4 is 17.9 Å². The van der Waals surface area contributed by atoms with Crippen LogP contribution in [-0.2, 0) is 10.3 Å². The van der Waals surface area contributed by atoms with Gasteiger partial charge < -0.3 is 14.7 Å². The van der Waals surface area contributed by atoms with Gasteiger partial charge in [0.2, 0.25) is 0 Å². The molecular weight excluding hydrogens is 236 g/mol. The molecule has 18 heavy (non-hydrogen) atoms. The molecule has 1 atom stereocenters. The number of carbonyl (C=O) groups excluding carboxylic acids is 1. The molecule has 1 spiro atoms. The molecular formula is C12H12N2O4. The Morgan fingerprint density at radius 3 is 2.94 bits per heavy atom. The number of fused-ring (bicyclic) bond motifs is 2. The van der Waals surface area contributed by atoms with Crippen LogP contribution >= 0.6 is 0 Å². The first-order valence-electron chi connectivity index (χ1n) is 5.68. The van der Waals surface area contributed by atoms with E-state index in [1.165, 1.54) is 4.90 Å². The van der Waals surface area contributed by atoms with Gasteiger partial charge in [0.15, 0.2) is 5.60 Å². The molecule has 2 heterocycles. The van der Waals surface area contributed by atoms with Gasteiger partial charge in [0, 0.05) is 18.5 Å². The van der Waals surface area contributed by atoms with Crippen LogP contribution in [0, 0.1) is 0 Å². The van der Waals surface area contributed by atoms with Crippen LogP contribution in [-0.4, -0.2) is 35.3 Å². The Kier molecular flexibility index (Phi) is 2.19. The fraction of sp³-hybridized carbons (Fsp3) is 0.333. The van der Waals surface area contributed by atoms with Crippen LogP contribution in [0.1, 0.15) is 12.0 Å². The van der Waals surface area contributed by atoms with Gasteiger partial charge in [0.1, 0.15) is 0 Å². The molecule has 2 amide bonds. The smallest absolute Gasteiger partial charge is 0.412 e. The van der Waals surface area contributed by atoms with E-state index in [2.05, 4.69) is 5.32 Å². The second-order valence-electron chi connectivity index (χ2n) is 4.51. The first kappa shape index (κ1) is 10.9. The molecule has 2 N–H and O–H groups in total. The molecule has 0 radical (unpaired) electrons. The van der Waals surface area contributed by atoms with E-state index in [4.69, 9.17) is 9.84 Å². The second-order valence-corrected chi connectivity index (χ2v) is 4.51. The summed E-state index contributed by atoms with van der Waals surface area (Å²) in [5.41, 5.74) is 0.700. The van der Waals surface area contributed by atoms with Crippen LogP contribution in [0.4, 0.5) is 15.3 Å². The number of likely N-dealkylation sites (tertiary alicyclic amines) is 1. The average Bonchev–Trinajstić information content (AvgIpc) is 2.74. The molecule has 2 aliphatic rings. The van der Waals surface area contributed by atoms with E-state index in [0.717, 1.165) is 5.56 Å². The summed E-state index contributed by atoms with van der Waals surface area (Å²) in [7, 11) is 0. The summed E-state index contributed by atoms with van der Waals surface area (Å²) < 4.78 is 5.39. The molecule has 0 aliphatic carbocycles. The first-order valence-corrected chi connectivity index (χ1v) is 5.68. The van der Waals surface area contributed by atoms with Gasteiger partial charge >= 0.3 is 12.2 Å². The topological polar surface area (TPSA) is 78.9 Å². The SMILES string of the molecule is O=C1Nc2ccccc2C2(CCN(C(=O)O)C2)O1. The van der Waals surface area contributed by atoms with Gasteiger partial charge in [-0.1, -0.05) is 18.2 Å². The largest absolute Gasteiger partial charge is 0.465 e. The van der Waals surface area contributed by atoms with Crippen molar-refractivity contribution in [3.05, 3.63) is 29.8 Å². The number of nitrogens with one attached hydrogen (secondary N) is 1. The van der Waals surface area contributed by atoms with Crippen LogP contribution in [0.2, 0.25) is 0 Å². The number of nitrogens with zero attached hydrogens (tertiary/aromatic N) is 1. The van der Waals surface area contributed by atoms with Gasteiger partial charge in [-0.15, -0.1) is 0 Å². The van der Waals surface area contributed by atoms with Crippen LogP contribution in [0.25, 0.3) is 0 Å². The van der Waals surface area contributed by atoms with Crippen molar-refractivity contribution in [3.63, 3.8) is 0 Å². The van der Waals surface area contributed by atoms with E-state index in [9.17, 15) is 9.59 Å². The fourth-order valence-corrected chi connectivity index (χ4v) is 2.61. The maximum atomic E-state index is 11.6. The van der Waals surface area contributed by atoms with E-state index in [1.807, 2.05) is 18.2 Å². The summed E-state index contributed by atoms with van der Waals surface area (Å²) in [6.45, 7) is 0.559. The molecule has 1 unspecified atom stereocenters. The number of hydrogen-bond donors (Lipinski definition) is 2. The maximum Gasteiger partial charge on any atom is 0.412 e. The molecule has 0 aromatic heterocycles. The lowest BCUT2D eigenvalue weighted by atomic mass is 9.90. The number of amides is 2. The molecule has 1 fully saturated rings. The Morgan fingerprint density at radius 1 is 1.44 bits per heavy atom. The number of anilines is 1. The Morgan fingerprint density at radius 2 is 2.22 bits per heavy atom. The monoisotopic (exact) mass is 248 g/mol. The Balaban J connectivity index is 2.03. The van der Waals surface area contributed by atoms with Crippen molar-refractivity contribution in [1.82, 2.24) is 4.90 Å². The average molecular weight is 248 g/mol. The predicted molar refractivity (Wildman–Crippen MR) is 62.4 cm³/mol. The van der Waals surface area contributed by atoms with Gasteiger partial charge in [-0.2, -0.15) is 0 Å². The van der Waals surface area contributed by atoms with Crippen molar-refractivity contribution in [1.29, 1.82) is 0 Å². The summed E-state index contributed by atoms with van der Waals surface area (Å²) >= 11 is 0. The first-order chi connectivity index (χ1) is 8.61. The third-order valence-electron chi connectivity index (χ3n) is 3.45. The molecule has 0 saturated carbocycles. The number of para-hydroxylation sites is 1. The third-order valence-corrected chi connectivity index (χ3v) is 3.45. The lowest BCUT2D eigenvalue weighted by Crippen LogP contribution is -2.42. The molecule has 3 rings (SSSR count). The molecule has 1 saturated heterocycles. The lowest BCUT2D eigenvalue weighted by Gasteiger charge is -2.35. The van der Waals surface area contributed by atoms with Crippen LogP contribution in [0.3, 0.4) is 0 Å². The van der Waals surface area contributed by atoms with Crippen molar-refractivity contribution in [2.24, 2.45) is 0 Å². The molecule has 6 heteroatoms. The van der Waals surface area contributed by atoms with E-state index in [0.29, 0.717) is 18.7 Å². The van der Waals surface area contributed by atoms with Crippen LogP contribution < -0.4 is 5.32 Å². The minimum absolute atomic E-state index is 0.187. The zero-order valence-corrected chi connectivity index (χ0v) is 9.55. The second kappa shape index (κ2) is 3.63. The van der Waals surface area contributed by atoms with Crippen LogP contribution in [0.5, 0.6) is 0 Å². The normalized spacial score (nSPS) is 25.6. The quantitative estimate of drug-likeness (QED) is 0.734. The van der Waals surface area contributed by atoms with Crippen molar-refractivity contribution in [3.8, 4) is 0 Å². The highest BCUT2D eigenvalue weighted by atomic mass is 16.6. The summed E-state index contributed by atoms with van der Waals surface area (Å²) in [5, 5.41) is 11.6. The number of ether oxygens (including phenoxy) is 1. The highest BCUT2D eigenvalue weighted by Crippen LogP contribution is 2.42. The summed E-state index contributed by atoms with van der Waals surface area (Å²) in [5.74, 6) is 0. The van der Waals surface area contributed by atoms with Gasteiger partial charge in [0.25, 0.3) is 0 Å².